The van der Waals surface area contributed by atoms with Crippen molar-refractivity contribution in [2.75, 3.05) is 19.3 Å². The quantitative estimate of drug-likeness (QED) is 0.746. The van der Waals surface area contributed by atoms with E-state index in [4.69, 9.17) is 5.73 Å². The molecule has 7 nitrogen and oxygen atoms in total. The molecule has 0 aliphatic heterocycles. The Labute approximate surface area is 135 Å². The van der Waals surface area contributed by atoms with Gasteiger partial charge in [0.05, 0.1) is 5.52 Å². The molecule has 2 aromatic heterocycles. The van der Waals surface area contributed by atoms with E-state index >= 15 is 0 Å². The summed E-state index contributed by atoms with van der Waals surface area (Å²) in [5, 5.41) is 2.59. The van der Waals surface area contributed by atoms with Crippen LogP contribution in [-0.4, -0.2) is 43.1 Å². The number of amides is 1. The van der Waals surface area contributed by atoms with Crippen molar-refractivity contribution < 1.29 is 13.2 Å². The molecule has 2 aromatic rings. The Balaban J connectivity index is 0.00000242. The van der Waals surface area contributed by atoms with Gasteiger partial charge in [-0.3, -0.25) is 9.20 Å². The van der Waals surface area contributed by atoms with Gasteiger partial charge in [-0.15, -0.1) is 12.4 Å². The number of aromatic nitrogens is 2. The Morgan fingerprint density at radius 1 is 1.36 bits per heavy atom. The van der Waals surface area contributed by atoms with Gasteiger partial charge in [0.1, 0.15) is 0 Å². The van der Waals surface area contributed by atoms with Gasteiger partial charge in [0.15, 0.2) is 5.69 Å². The minimum Gasteiger partial charge on any atom is -0.351 e. The van der Waals surface area contributed by atoms with Gasteiger partial charge in [-0.25, -0.2) is 13.4 Å². The van der Waals surface area contributed by atoms with Gasteiger partial charge in [0, 0.05) is 19.0 Å². The number of nitrogens with zero attached hydrogens (tertiary/aromatic N) is 2. The third-order valence-electron chi connectivity index (χ3n) is 2.98. The summed E-state index contributed by atoms with van der Waals surface area (Å²) in [5.41, 5.74) is 5.97. The van der Waals surface area contributed by atoms with E-state index in [0.29, 0.717) is 18.6 Å². The zero-order valence-electron chi connectivity index (χ0n) is 12.2. The lowest BCUT2D eigenvalue weighted by molar-refractivity contribution is 0.0950. The van der Waals surface area contributed by atoms with E-state index in [1.165, 1.54) is 4.40 Å². The molecule has 2 heterocycles. The zero-order valence-corrected chi connectivity index (χ0v) is 13.8. The van der Waals surface area contributed by atoms with Gasteiger partial charge in [0.2, 0.25) is 15.0 Å². The molecule has 9 heteroatoms. The van der Waals surface area contributed by atoms with Crippen LogP contribution in [0, 0.1) is 0 Å². The molecule has 22 heavy (non-hydrogen) atoms. The lowest BCUT2D eigenvalue weighted by Gasteiger charge is -2.02. The summed E-state index contributed by atoms with van der Waals surface area (Å²) >= 11 is 0. The molecular formula is C13H19ClN4O3S. The molecule has 0 fully saturated rings. The van der Waals surface area contributed by atoms with Crippen molar-refractivity contribution in [1.29, 1.82) is 0 Å². The van der Waals surface area contributed by atoms with E-state index < -0.39 is 9.84 Å². The summed E-state index contributed by atoms with van der Waals surface area (Å²) in [4.78, 5) is 16.1. The third kappa shape index (κ3) is 3.96. The number of nitrogens with one attached hydrogen (secondary N) is 1. The number of halogens is 1. The van der Waals surface area contributed by atoms with Crippen LogP contribution in [0.1, 0.15) is 23.3 Å². The minimum absolute atomic E-state index is 0. The first-order chi connectivity index (χ1) is 9.95. The van der Waals surface area contributed by atoms with Crippen molar-refractivity contribution in [3.63, 3.8) is 0 Å². The average molecular weight is 347 g/mol. The molecular weight excluding hydrogens is 328 g/mol. The highest BCUT2D eigenvalue weighted by molar-refractivity contribution is 7.90. The zero-order chi connectivity index (χ0) is 15.5. The van der Waals surface area contributed by atoms with Crippen molar-refractivity contribution >= 4 is 33.7 Å². The number of unbranched alkanes of at least 4 members (excludes halogenated alkanes) is 1. The topological polar surface area (TPSA) is 107 Å². The van der Waals surface area contributed by atoms with Crippen LogP contribution < -0.4 is 11.1 Å². The predicted octanol–water partition coefficient (Wildman–Crippen LogP) is 0.628. The molecule has 0 saturated carbocycles. The molecule has 0 aromatic carbocycles. The van der Waals surface area contributed by atoms with E-state index in [9.17, 15) is 13.2 Å². The SMILES string of the molecule is CS(=O)(=O)c1nc(C(=O)NCCCCN)c2ccccn12.Cl. The Morgan fingerprint density at radius 2 is 2.09 bits per heavy atom. The van der Waals surface area contributed by atoms with Crippen molar-refractivity contribution in [3.8, 4) is 0 Å². The molecule has 0 spiro atoms. The molecule has 0 bridgehead atoms. The number of rotatable bonds is 6. The summed E-state index contributed by atoms with van der Waals surface area (Å²) < 4.78 is 24.9. The Bertz CT molecular complexity index is 758. The van der Waals surface area contributed by atoms with Crippen LogP contribution in [0.25, 0.3) is 5.52 Å². The summed E-state index contributed by atoms with van der Waals surface area (Å²) in [6.07, 6.45) is 4.23. The summed E-state index contributed by atoms with van der Waals surface area (Å²) in [5.74, 6) is -0.384. The van der Waals surface area contributed by atoms with Crippen LogP contribution >= 0.6 is 12.4 Å². The fraction of sp³-hybridized carbons (Fsp3) is 0.385. The maximum Gasteiger partial charge on any atom is 0.272 e. The fourth-order valence-corrected chi connectivity index (χ4v) is 2.77. The molecule has 0 atom stereocenters. The second kappa shape index (κ2) is 7.57. The fourth-order valence-electron chi connectivity index (χ4n) is 1.99. The normalized spacial score (nSPS) is 11.2. The molecule has 122 valence electrons. The number of imidazole rings is 1. The van der Waals surface area contributed by atoms with Crippen molar-refractivity contribution in [1.82, 2.24) is 14.7 Å². The smallest absolute Gasteiger partial charge is 0.272 e. The minimum atomic E-state index is -3.52. The number of carbonyl (C=O) groups is 1. The van der Waals surface area contributed by atoms with Gasteiger partial charge in [-0.1, -0.05) is 6.07 Å². The van der Waals surface area contributed by atoms with Crippen LogP contribution in [-0.2, 0) is 9.84 Å². The Kier molecular flexibility index (Phi) is 6.34. The highest BCUT2D eigenvalue weighted by atomic mass is 35.5. The summed E-state index contributed by atoms with van der Waals surface area (Å²) in [6.45, 7) is 1.05. The molecule has 0 saturated heterocycles. The number of fused-ring (bicyclic) bond motifs is 1. The second-order valence-electron chi connectivity index (χ2n) is 4.72. The van der Waals surface area contributed by atoms with Crippen LogP contribution in [0.5, 0.6) is 0 Å². The van der Waals surface area contributed by atoms with E-state index in [2.05, 4.69) is 10.3 Å². The number of carbonyl (C=O) groups excluding carboxylic acids is 1. The first-order valence-electron chi connectivity index (χ1n) is 6.60. The number of hydrogen-bond acceptors (Lipinski definition) is 5. The number of sulfone groups is 1. The van der Waals surface area contributed by atoms with Crippen LogP contribution in [0.2, 0.25) is 0 Å². The van der Waals surface area contributed by atoms with Gasteiger partial charge in [-0.2, -0.15) is 0 Å². The van der Waals surface area contributed by atoms with E-state index in [0.717, 1.165) is 19.1 Å². The van der Waals surface area contributed by atoms with Crippen molar-refractivity contribution in [3.05, 3.63) is 30.1 Å². The molecule has 3 N–H and O–H groups in total. The summed E-state index contributed by atoms with van der Waals surface area (Å²) in [7, 11) is -3.52. The van der Waals surface area contributed by atoms with Crippen molar-refractivity contribution in [2.24, 2.45) is 5.73 Å². The summed E-state index contributed by atoms with van der Waals surface area (Å²) in [6, 6.07) is 5.08. The van der Waals surface area contributed by atoms with E-state index in [-0.39, 0.29) is 29.2 Å². The van der Waals surface area contributed by atoms with Crippen LogP contribution in [0.15, 0.2) is 29.6 Å². The molecule has 0 unspecified atom stereocenters. The average Bonchev–Trinajstić information content (AvgIpc) is 2.83. The predicted molar refractivity (Wildman–Crippen MR) is 86.2 cm³/mol. The molecule has 0 aliphatic carbocycles. The molecule has 0 radical (unpaired) electrons. The third-order valence-corrected chi connectivity index (χ3v) is 3.93. The largest absolute Gasteiger partial charge is 0.351 e. The van der Waals surface area contributed by atoms with Gasteiger partial charge in [-0.05, 0) is 31.5 Å². The lowest BCUT2D eigenvalue weighted by atomic mass is 10.3. The van der Waals surface area contributed by atoms with Crippen LogP contribution in [0.4, 0.5) is 0 Å². The van der Waals surface area contributed by atoms with E-state index in [1.54, 1.807) is 24.4 Å². The molecule has 2 rings (SSSR count). The number of nitrogens with two attached hydrogens (primary N) is 1. The maximum absolute atomic E-state index is 12.1. The first-order valence-corrected chi connectivity index (χ1v) is 8.49. The lowest BCUT2D eigenvalue weighted by Crippen LogP contribution is -2.25. The highest BCUT2D eigenvalue weighted by Crippen LogP contribution is 2.16. The second-order valence-corrected chi connectivity index (χ2v) is 6.63. The number of pyridine rings is 1. The Morgan fingerprint density at radius 3 is 2.73 bits per heavy atom. The standard InChI is InChI=1S/C13H18N4O3S.ClH/c1-21(19,20)13-16-11(10-6-2-5-9-17(10)13)12(18)15-8-4-3-7-14;/h2,5-6,9H,3-4,7-8,14H2,1H3,(H,15,18);1H. The number of hydrogen-bond donors (Lipinski definition) is 2. The van der Waals surface area contributed by atoms with Gasteiger partial charge >= 0.3 is 0 Å². The van der Waals surface area contributed by atoms with Gasteiger partial charge < -0.3 is 11.1 Å². The first kappa shape index (κ1) is 18.4. The molecule has 1 amide bonds. The Hall–Kier alpha value is -1.64. The van der Waals surface area contributed by atoms with Crippen LogP contribution in [0.3, 0.4) is 0 Å². The molecule has 0 aliphatic rings. The maximum atomic E-state index is 12.1. The van der Waals surface area contributed by atoms with Gasteiger partial charge in [0.25, 0.3) is 5.91 Å². The monoisotopic (exact) mass is 346 g/mol. The highest BCUT2D eigenvalue weighted by Gasteiger charge is 2.22. The van der Waals surface area contributed by atoms with Crippen molar-refractivity contribution in [2.45, 2.75) is 18.0 Å². The van der Waals surface area contributed by atoms with E-state index in [1.807, 2.05) is 0 Å².